The second kappa shape index (κ2) is 23.2. The molecule has 4 aromatic heterocycles. The zero-order valence-corrected chi connectivity index (χ0v) is 43.4. The molecule has 0 spiro atoms. The number of carbonyl (C=O) groups excluding carboxylic acids is 3. The number of hydrogen-bond donors (Lipinski definition) is 7. The quantitative estimate of drug-likeness (QED) is 0.0365. The third-order valence-electron chi connectivity index (χ3n) is 14.7. The normalized spacial score (nSPS) is 18.3. The van der Waals surface area contributed by atoms with Gasteiger partial charge in [0.15, 0.2) is 5.60 Å². The van der Waals surface area contributed by atoms with E-state index in [-0.39, 0.29) is 43.1 Å². The van der Waals surface area contributed by atoms with E-state index in [1.165, 1.54) is 0 Å². The van der Waals surface area contributed by atoms with Gasteiger partial charge < -0.3 is 54.8 Å². The molecule has 6 aromatic rings. The van der Waals surface area contributed by atoms with Gasteiger partial charge in [0, 0.05) is 38.6 Å². The van der Waals surface area contributed by atoms with Crippen molar-refractivity contribution in [2.45, 2.75) is 115 Å². The second-order valence-electron chi connectivity index (χ2n) is 19.2. The fourth-order valence-electron chi connectivity index (χ4n) is 10.4. The van der Waals surface area contributed by atoms with E-state index < -0.39 is 41.1 Å². The molecule has 75 heavy (non-hydrogen) atoms. The molecule has 396 valence electrons. The highest BCUT2D eigenvalue weighted by atomic mass is 16.6. The zero-order valence-electron chi connectivity index (χ0n) is 43.4. The Kier molecular flexibility index (Phi) is 16.7. The molecule has 8 heterocycles. The van der Waals surface area contributed by atoms with Crippen molar-refractivity contribution in [2.75, 3.05) is 41.3 Å². The number of rotatable bonds is 17. The fraction of sp³-hybridized carbons (Fsp3) is 0.429. The summed E-state index contributed by atoms with van der Waals surface area (Å²) in [5, 5.41) is 42.5. The van der Waals surface area contributed by atoms with Crippen LogP contribution in [0.15, 0.2) is 77.6 Å². The lowest BCUT2D eigenvalue weighted by Gasteiger charge is -2.37. The van der Waals surface area contributed by atoms with Crippen LogP contribution in [0.3, 0.4) is 0 Å². The minimum absolute atomic E-state index is 0.0300. The van der Waals surface area contributed by atoms with Crippen LogP contribution < -0.4 is 32.3 Å². The number of aromatic nitrogens is 4. The van der Waals surface area contributed by atoms with Gasteiger partial charge in [-0.3, -0.25) is 19.8 Å². The van der Waals surface area contributed by atoms with Crippen LogP contribution in [0.5, 0.6) is 0 Å². The van der Waals surface area contributed by atoms with E-state index in [1.54, 1.807) is 38.6 Å². The summed E-state index contributed by atoms with van der Waals surface area (Å²) in [7, 11) is 7.19. The molecule has 0 aliphatic carbocycles. The van der Waals surface area contributed by atoms with Gasteiger partial charge in [0.25, 0.3) is 5.56 Å². The smallest absolute Gasteiger partial charge is 0.355 e. The number of fused-ring (bicyclic) bond motifs is 10. The van der Waals surface area contributed by atoms with Crippen molar-refractivity contribution in [3.8, 4) is 22.8 Å². The lowest BCUT2D eigenvalue weighted by molar-refractivity contribution is -0.190. The lowest BCUT2D eigenvalue weighted by Crippen LogP contribution is -2.50. The Balaban J connectivity index is 0.000000170. The number of carboxylic acids is 1. The first-order valence-electron chi connectivity index (χ1n) is 25.7. The third-order valence-corrected chi connectivity index (χ3v) is 14.7. The monoisotopic (exact) mass is 1030 g/mol. The first-order chi connectivity index (χ1) is 36.2. The number of cyclic esters (lactones) is 2. The number of aliphatic hydroxyl groups is 1. The molecule has 10 rings (SSSR count). The van der Waals surface area contributed by atoms with Crippen molar-refractivity contribution in [1.82, 2.24) is 40.4 Å². The number of benzene rings is 2. The molecule has 4 aliphatic rings. The van der Waals surface area contributed by atoms with Crippen molar-refractivity contribution < 1.29 is 43.6 Å². The Morgan fingerprint density at radius 1 is 0.707 bits per heavy atom. The maximum atomic E-state index is 13.3. The van der Waals surface area contributed by atoms with Crippen LogP contribution >= 0.6 is 0 Å². The molecule has 0 fully saturated rings. The van der Waals surface area contributed by atoms with Crippen LogP contribution in [0, 0.1) is 5.41 Å². The topological polar surface area (TPSA) is 261 Å². The maximum Gasteiger partial charge on any atom is 0.355 e. The number of pyridine rings is 4. The van der Waals surface area contributed by atoms with E-state index in [0.29, 0.717) is 53.9 Å². The van der Waals surface area contributed by atoms with Gasteiger partial charge in [-0.15, -0.1) is 0 Å². The van der Waals surface area contributed by atoms with Gasteiger partial charge in [-0.2, -0.15) is 0 Å². The minimum Gasteiger partial charge on any atom is -0.480 e. The van der Waals surface area contributed by atoms with Gasteiger partial charge in [-0.1, -0.05) is 63.1 Å². The summed E-state index contributed by atoms with van der Waals surface area (Å²) in [6, 6.07) is 22.5. The number of esters is 3. The predicted octanol–water partition coefficient (Wildman–Crippen LogP) is 4.86. The van der Waals surface area contributed by atoms with Gasteiger partial charge in [-0.25, -0.2) is 19.6 Å². The van der Waals surface area contributed by atoms with Crippen molar-refractivity contribution in [3.05, 3.63) is 122 Å². The highest BCUT2D eigenvalue weighted by Crippen LogP contribution is 2.42. The molecule has 19 nitrogen and oxygen atoms in total. The average Bonchev–Trinajstić information content (AvgIpc) is 3.97. The molecule has 4 aliphatic heterocycles. The molecule has 0 saturated heterocycles. The summed E-state index contributed by atoms with van der Waals surface area (Å²) >= 11 is 0. The van der Waals surface area contributed by atoms with Gasteiger partial charge in [0.05, 0.1) is 52.5 Å². The highest BCUT2D eigenvalue weighted by molar-refractivity contribution is 5.90. The Bertz CT molecular complexity index is 3280. The van der Waals surface area contributed by atoms with Crippen molar-refractivity contribution in [1.29, 1.82) is 5.41 Å². The largest absolute Gasteiger partial charge is 0.480 e. The van der Waals surface area contributed by atoms with Gasteiger partial charge in [0.2, 0.25) is 5.60 Å². The molecular formula is C56H67N9O10. The van der Waals surface area contributed by atoms with Crippen LogP contribution in [0.25, 0.3) is 44.6 Å². The maximum absolute atomic E-state index is 13.3. The summed E-state index contributed by atoms with van der Waals surface area (Å²) in [6.07, 6.45) is 5.36. The summed E-state index contributed by atoms with van der Waals surface area (Å²) in [4.78, 5) is 71.9. The SMILES string of the molecule is CC[C@@]1(O)C(=O)OCc2c1cc1n(c2=O)Cc2cc3ccccc3nc2-1.CC[C@@]1(OC(=O)[C@H](CCCCNC)NC)C(=O)OCc2c1cc1n(c2=N)Cc2cc3ccccc3nc2-1.CNCCCC[C@H](NC)C(=O)O. The van der Waals surface area contributed by atoms with E-state index in [0.717, 1.165) is 88.8 Å². The molecule has 0 bridgehead atoms. The number of unbranched alkanes of at least 4 members (excludes halogenated alkanes) is 2. The van der Waals surface area contributed by atoms with Crippen LogP contribution in [-0.2, 0) is 70.9 Å². The molecule has 0 unspecified atom stereocenters. The Morgan fingerprint density at radius 3 is 1.77 bits per heavy atom. The molecule has 0 amide bonds. The highest BCUT2D eigenvalue weighted by Gasteiger charge is 2.51. The molecule has 2 aromatic carbocycles. The van der Waals surface area contributed by atoms with Crippen LogP contribution in [-0.4, -0.2) is 107 Å². The first-order valence-corrected chi connectivity index (χ1v) is 25.7. The van der Waals surface area contributed by atoms with Crippen molar-refractivity contribution in [2.24, 2.45) is 0 Å². The van der Waals surface area contributed by atoms with E-state index in [1.807, 2.05) is 79.3 Å². The zero-order chi connectivity index (χ0) is 53.6. The third kappa shape index (κ3) is 10.5. The Morgan fingerprint density at radius 2 is 1.23 bits per heavy atom. The molecule has 0 saturated carbocycles. The number of nitrogens with one attached hydrogen (secondary N) is 5. The molecule has 19 heteroatoms. The lowest BCUT2D eigenvalue weighted by atomic mass is 9.85. The minimum atomic E-state index is -1.79. The van der Waals surface area contributed by atoms with Crippen molar-refractivity contribution in [3.63, 3.8) is 0 Å². The van der Waals surface area contributed by atoms with Crippen LogP contribution in [0.1, 0.15) is 98.6 Å². The van der Waals surface area contributed by atoms with Crippen molar-refractivity contribution >= 4 is 45.7 Å². The number of ether oxygens (including phenoxy) is 3. The molecule has 7 N–H and O–H groups in total. The summed E-state index contributed by atoms with van der Waals surface area (Å²) < 4.78 is 20.2. The number of carbonyl (C=O) groups is 4. The van der Waals surface area contributed by atoms with E-state index in [2.05, 4.69) is 27.3 Å². The van der Waals surface area contributed by atoms with Gasteiger partial charge in [0.1, 0.15) is 30.8 Å². The number of nitrogens with zero attached hydrogens (tertiary/aromatic N) is 4. The van der Waals surface area contributed by atoms with E-state index in [9.17, 15) is 29.1 Å². The second-order valence-corrected chi connectivity index (χ2v) is 19.2. The Labute approximate surface area is 434 Å². The van der Waals surface area contributed by atoms with Gasteiger partial charge in [-0.05, 0) is 116 Å². The fourth-order valence-corrected chi connectivity index (χ4v) is 10.4. The number of hydrogen-bond acceptors (Lipinski definition) is 16. The molecular weight excluding hydrogens is 959 g/mol. The summed E-state index contributed by atoms with van der Waals surface area (Å²) in [5.41, 5.74) is 4.92. The number of carboxylic acid groups (broad SMARTS) is 1. The van der Waals surface area contributed by atoms with E-state index >= 15 is 0 Å². The number of aliphatic carboxylic acids is 1. The van der Waals surface area contributed by atoms with Gasteiger partial charge >= 0.3 is 23.9 Å². The Hall–Kier alpha value is -7.16. The standard InChI is InChI=1S/C28H33N5O4.C20H16N2O4.C8H18N2O2/c1-4-28(37-26(34)22(31-3)11-7-8-12-30-2)20-14-23-24-18(13-17-9-5-6-10-21(17)32-24)15-33(23)25(29)19(20)16-36-27(28)35;1-2-20(25)14-8-16-17-12(7-11-5-3-4-6-15(11)21-17)9-22(16)18(23)13(14)10-26-19(20)24;1-9-6-4-3-5-7(10-2)8(11)12/h5-6,9-10,13-14,22,29-31H,4,7-8,11-12,15-16H2,1-3H3;3-8,25H,2,9-10H2,1H3;7,9-10H,3-6H2,1-2H3,(H,11,12)/t22-,28-;20-;7-/m000/s1. The van der Waals surface area contributed by atoms with Crippen LogP contribution in [0.2, 0.25) is 0 Å². The average molecular weight is 1030 g/mol. The van der Waals surface area contributed by atoms with Crippen LogP contribution in [0.4, 0.5) is 0 Å². The number of para-hydroxylation sites is 2. The number of likely N-dealkylation sites (N-methyl/N-ethyl adjacent to an activating group) is 2. The predicted molar refractivity (Wildman–Crippen MR) is 281 cm³/mol. The molecule has 0 radical (unpaired) electrons. The summed E-state index contributed by atoms with van der Waals surface area (Å²) in [6.45, 7) is 6.11. The van der Waals surface area contributed by atoms with E-state index in [4.69, 9.17) is 34.7 Å². The molecule has 4 atom stereocenters. The summed E-state index contributed by atoms with van der Waals surface area (Å²) in [5.74, 6) is -2.57. The first kappa shape index (κ1) is 54.1.